The van der Waals surface area contributed by atoms with Crippen molar-refractivity contribution in [1.82, 2.24) is 9.21 Å². The first-order chi connectivity index (χ1) is 7.12. The average molecular weight is 248 g/mol. The predicted molar refractivity (Wildman–Crippen MR) is 67.0 cm³/mol. The summed E-state index contributed by atoms with van der Waals surface area (Å²) in [5, 5.41) is 0. The molecule has 0 bridgehead atoms. The maximum atomic E-state index is 11.4. The molecule has 0 N–H and O–H groups in total. The van der Waals surface area contributed by atoms with Crippen LogP contribution in [-0.2, 0) is 10.0 Å². The van der Waals surface area contributed by atoms with Crippen molar-refractivity contribution in [3.63, 3.8) is 0 Å². The molecule has 0 saturated carbocycles. The molecule has 0 radical (unpaired) electrons. The lowest BCUT2D eigenvalue weighted by Crippen LogP contribution is -2.51. The molecule has 1 fully saturated rings. The Bertz CT molecular complexity index is 324. The minimum atomic E-state index is -3.04. The van der Waals surface area contributed by atoms with Gasteiger partial charge in [-0.1, -0.05) is 0 Å². The molecular formula is C11H24N2O2S. The maximum absolute atomic E-state index is 11.4. The Morgan fingerprint density at radius 3 is 1.94 bits per heavy atom. The van der Waals surface area contributed by atoms with Crippen molar-refractivity contribution in [2.75, 3.05) is 26.4 Å². The van der Waals surface area contributed by atoms with Gasteiger partial charge in [0.1, 0.15) is 0 Å². The molecule has 0 spiro atoms. The van der Waals surface area contributed by atoms with Crippen LogP contribution in [0.2, 0.25) is 0 Å². The molecule has 0 amide bonds. The Morgan fingerprint density at radius 1 is 1.19 bits per heavy atom. The largest absolute Gasteiger partial charge is 0.298 e. The molecule has 1 rings (SSSR count). The maximum Gasteiger partial charge on any atom is 0.211 e. The van der Waals surface area contributed by atoms with Crippen LogP contribution in [0.4, 0.5) is 0 Å². The average Bonchev–Trinajstić information content (AvgIpc) is 2.14. The third-order valence-electron chi connectivity index (χ3n) is 3.45. The van der Waals surface area contributed by atoms with Gasteiger partial charge in [-0.15, -0.1) is 0 Å². The summed E-state index contributed by atoms with van der Waals surface area (Å²) in [6.07, 6.45) is 3.14. The van der Waals surface area contributed by atoms with E-state index in [9.17, 15) is 8.42 Å². The minimum absolute atomic E-state index is 0.175. The number of nitrogens with zero attached hydrogens (tertiary/aromatic N) is 2. The van der Waals surface area contributed by atoms with Crippen LogP contribution in [0.25, 0.3) is 0 Å². The van der Waals surface area contributed by atoms with E-state index in [0.717, 1.165) is 25.9 Å². The SMILES string of the molecule is CN(C1CCN(C(C)(C)C)CC1)S(C)(=O)=O. The fourth-order valence-electron chi connectivity index (χ4n) is 2.17. The lowest BCUT2D eigenvalue weighted by Gasteiger charge is -2.42. The van der Waals surface area contributed by atoms with Gasteiger partial charge in [-0.05, 0) is 33.6 Å². The first-order valence-electron chi connectivity index (χ1n) is 5.80. The topological polar surface area (TPSA) is 40.6 Å². The van der Waals surface area contributed by atoms with Crippen LogP contribution in [0.3, 0.4) is 0 Å². The van der Waals surface area contributed by atoms with Crippen molar-refractivity contribution >= 4 is 10.0 Å². The van der Waals surface area contributed by atoms with Gasteiger partial charge in [-0.2, -0.15) is 0 Å². The second-order valence-corrected chi connectivity index (χ2v) is 7.71. The second-order valence-electron chi connectivity index (χ2n) is 5.67. The van der Waals surface area contributed by atoms with Crippen molar-refractivity contribution in [2.24, 2.45) is 0 Å². The molecular weight excluding hydrogens is 224 g/mol. The third kappa shape index (κ3) is 3.43. The van der Waals surface area contributed by atoms with E-state index < -0.39 is 10.0 Å². The van der Waals surface area contributed by atoms with E-state index in [1.165, 1.54) is 10.6 Å². The normalized spacial score (nSPS) is 21.6. The van der Waals surface area contributed by atoms with E-state index in [2.05, 4.69) is 25.7 Å². The highest BCUT2D eigenvalue weighted by Crippen LogP contribution is 2.23. The summed E-state index contributed by atoms with van der Waals surface area (Å²) >= 11 is 0. The van der Waals surface area contributed by atoms with Gasteiger partial charge in [0, 0.05) is 31.7 Å². The number of hydrogen-bond acceptors (Lipinski definition) is 3. The molecule has 16 heavy (non-hydrogen) atoms. The molecule has 0 aromatic rings. The smallest absolute Gasteiger partial charge is 0.211 e. The first kappa shape index (κ1) is 13.9. The lowest BCUT2D eigenvalue weighted by molar-refractivity contribution is 0.0842. The molecule has 0 aromatic carbocycles. The fraction of sp³-hybridized carbons (Fsp3) is 1.00. The molecule has 96 valence electrons. The van der Waals surface area contributed by atoms with Gasteiger partial charge in [-0.3, -0.25) is 4.90 Å². The van der Waals surface area contributed by atoms with E-state index in [1.807, 2.05) is 0 Å². The van der Waals surface area contributed by atoms with Gasteiger partial charge in [0.05, 0.1) is 6.26 Å². The predicted octanol–water partition coefficient (Wildman–Crippen LogP) is 1.14. The summed E-state index contributed by atoms with van der Waals surface area (Å²) in [5.74, 6) is 0. The van der Waals surface area contributed by atoms with Gasteiger partial charge < -0.3 is 0 Å². The minimum Gasteiger partial charge on any atom is -0.298 e. The molecule has 1 aliphatic heterocycles. The molecule has 1 aliphatic rings. The molecule has 0 aliphatic carbocycles. The van der Waals surface area contributed by atoms with Crippen LogP contribution in [0.5, 0.6) is 0 Å². The zero-order chi connectivity index (χ0) is 12.6. The van der Waals surface area contributed by atoms with Crippen molar-refractivity contribution in [2.45, 2.75) is 45.2 Å². The van der Waals surface area contributed by atoms with Crippen LogP contribution in [0, 0.1) is 0 Å². The number of hydrogen-bond donors (Lipinski definition) is 0. The van der Waals surface area contributed by atoms with Gasteiger partial charge in [0.25, 0.3) is 0 Å². The molecule has 5 heteroatoms. The van der Waals surface area contributed by atoms with Gasteiger partial charge in [0.15, 0.2) is 0 Å². The summed E-state index contributed by atoms with van der Waals surface area (Å²) in [7, 11) is -1.35. The number of rotatable bonds is 2. The van der Waals surface area contributed by atoms with Gasteiger partial charge >= 0.3 is 0 Å². The van der Waals surface area contributed by atoms with Gasteiger partial charge in [-0.25, -0.2) is 12.7 Å². The number of sulfonamides is 1. The number of likely N-dealkylation sites (tertiary alicyclic amines) is 1. The zero-order valence-electron chi connectivity index (χ0n) is 11.0. The van der Waals surface area contributed by atoms with Crippen LogP contribution >= 0.6 is 0 Å². The first-order valence-corrected chi connectivity index (χ1v) is 7.65. The summed E-state index contributed by atoms with van der Waals surface area (Å²) < 4.78 is 24.4. The summed E-state index contributed by atoms with van der Waals surface area (Å²) in [5.41, 5.74) is 0.189. The number of piperidine rings is 1. The Balaban J connectivity index is 2.56. The Hall–Kier alpha value is -0.130. The van der Waals surface area contributed by atoms with Crippen molar-refractivity contribution in [3.8, 4) is 0 Å². The fourth-order valence-corrected chi connectivity index (χ4v) is 2.92. The molecule has 0 unspecified atom stereocenters. The van der Waals surface area contributed by atoms with E-state index in [4.69, 9.17) is 0 Å². The monoisotopic (exact) mass is 248 g/mol. The second kappa shape index (κ2) is 4.63. The Labute approximate surface area is 99.7 Å². The van der Waals surface area contributed by atoms with Crippen LogP contribution in [0.15, 0.2) is 0 Å². The summed E-state index contributed by atoms with van der Waals surface area (Å²) in [6.45, 7) is 8.57. The zero-order valence-corrected chi connectivity index (χ0v) is 11.8. The quantitative estimate of drug-likeness (QED) is 0.736. The van der Waals surface area contributed by atoms with E-state index in [-0.39, 0.29) is 11.6 Å². The Kier molecular flexibility index (Phi) is 4.03. The van der Waals surface area contributed by atoms with E-state index in [0.29, 0.717) is 0 Å². The van der Waals surface area contributed by atoms with Gasteiger partial charge in [0.2, 0.25) is 10.0 Å². The van der Waals surface area contributed by atoms with Crippen LogP contribution < -0.4 is 0 Å². The van der Waals surface area contributed by atoms with E-state index >= 15 is 0 Å². The van der Waals surface area contributed by atoms with Crippen molar-refractivity contribution in [1.29, 1.82) is 0 Å². The summed E-state index contributed by atoms with van der Waals surface area (Å²) in [6, 6.07) is 0.175. The standard InChI is InChI=1S/C11H24N2O2S/c1-11(2,3)13-8-6-10(7-9-13)12(4)16(5,14)15/h10H,6-9H2,1-5H3. The highest BCUT2D eigenvalue weighted by Gasteiger charge is 2.31. The van der Waals surface area contributed by atoms with Crippen LogP contribution in [0.1, 0.15) is 33.6 Å². The van der Waals surface area contributed by atoms with Crippen LogP contribution in [-0.4, -0.2) is 55.6 Å². The highest BCUT2D eigenvalue weighted by molar-refractivity contribution is 7.88. The van der Waals surface area contributed by atoms with E-state index in [1.54, 1.807) is 7.05 Å². The lowest BCUT2D eigenvalue weighted by atomic mass is 9.98. The highest BCUT2D eigenvalue weighted by atomic mass is 32.2. The molecule has 4 nitrogen and oxygen atoms in total. The molecule has 0 aromatic heterocycles. The third-order valence-corrected chi connectivity index (χ3v) is 4.79. The molecule has 1 saturated heterocycles. The molecule has 1 heterocycles. The Morgan fingerprint density at radius 2 is 1.62 bits per heavy atom. The summed E-state index contributed by atoms with van der Waals surface area (Å²) in [4.78, 5) is 2.42. The molecule has 0 atom stereocenters. The van der Waals surface area contributed by atoms with Crippen molar-refractivity contribution in [3.05, 3.63) is 0 Å². The van der Waals surface area contributed by atoms with Crippen molar-refractivity contribution < 1.29 is 8.42 Å².